The van der Waals surface area contributed by atoms with E-state index in [4.69, 9.17) is 9.47 Å². The molecule has 0 unspecified atom stereocenters. The normalized spacial score (nSPS) is 16.0. The van der Waals surface area contributed by atoms with E-state index in [0.717, 1.165) is 49.7 Å². The van der Waals surface area contributed by atoms with E-state index in [2.05, 4.69) is 41.4 Å². The van der Waals surface area contributed by atoms with E-state index in [0.29, 0.717) is 5.56 Å². The summed E-state index contributed by atoms with van der Waals surface area (Å²) in [5, 5.41) is 3.21. The van der Waals surface area contributed by atoms with Gasteiger partial charge in [0.05, 0.1) is 26.4 Å². The zero-order valence-electron chi connectivity index (χ0n) is 16.3. The highest BCUT2D eigenvalue weighted by molar-refractivity contribution is 5.95. The topological polar surface area (TPSA) is 50.8 Å². The Morgan fingerprint density at radius 3 is 2.52 bits per heavy atom. The van der Waals surface area contributed by atoms with E-state index in [9.17, 15) is 4.79 Å². The summed E-state index contributed by atoms with van der Waals surface area (Å²) < 4.78 is 10.8. The van der Waals surface area contributed by atoms with E-state index in [-0.39, 0.29) is 11.9 Å². The van der Waals surface area contributed by atoms with Gasteiger partial charge in [-0.05, 0) is 37.1 Å². The molecule has 1 aliphatic heterocycles. The van der Waals surface area contributed by atoms with Crippen molar-refractivity contribution in [2.75, 3.05) is 40.0 Å². The Balaban J connectivity index is 1.79. The quantitative estimate of drug-likeness (QED) is 0.851. The lowest BCUT2D eigenvalue weighted by Gasteiger charge is -2.31. The molecule has 0 spiro atoms. The van der Waals surface area contributed by atoms with Crippen LogP contribution in [-0.4, -0.2) is 50.8 Å². The maximum absolute atomic E-state index is 12.9. The van der Waals surface area contributed by atoms with E-state index >= 15 is 0 Å². The third-order valence-electron chi connectivity index (χ3n) is 5.00. The summed E-state index contributed by atoms with van der Waals surface area (Å²) in [7, 11) is 1.62. The Morgan fingerprint density at radius 1 is 1.15 bits per heavy atom. The van der Waals surface area contributed by atoms with Crippen LogP contribution < -0.4 is 10.1 Å². The van der Waals surface area contributed by atoms with Crippen molar-refractivity contribution in [3.63, 3.8) is 0 Å². The highest BCUT2D eigenvalue weighted by Crippen LogP contribution is 2.21. The monoisotopic (exact) mass is 368 g/mol. The molecule has 0 saturated carbocycles. The number of carbonyl (C=O) groups excluding carboxylic acids is 1. The molecule has 1 heterocycles. The lowest BCUT2D eigenvalue weighted by Crippen LogP contribution is -2.43. The van der Waals surface area contributed by atoms with Gasteiger partial charge in [0.25, 0.3) is 5.91 Å². The zero-order valence-corrected chi connectivity index (χ0v) is 16.3. The number of hydrogen-bond acceptors (Lipinski definition) is 4. The van der Waals surface area contributed by atoms with Crippen LogP contribution >= 0.6 is 0 Å². The molecule has 0 aliphatic carbocycles. The average Bonchev–Trinajstić information content (AvgIpc) is 2.69. The number of benzene rings is 2. The van der Waals surface area contributed by atoms with Gasteiger partial charge in [-0.2, -0.15) is 0 Å². The van der Waals surface area contributed by atoms with Crippen molar-refractivity contribution < 1.29 is 14.3 Å². The molecular formula is C22H28N2O3. The largest absolute Gasteiger partial charge is 0.496 e. The number of amides is 1. The minimum atomic E-state index is -0.0906. The number of ether oxygens (including phenoxy) is 2. The third kappa shape index (κ3) is 5.08. The van der Waals surface area contributed by atoms with Gasteiger partial charge in [-0.15, -0.1) is 0 Å². The van der Waals surface area contributed by atoms with Crippen LogP contribution in [0.4, 0.5) is 0 Å². The fourth-order valence-corrected chi connectivity index (χ4v) is 3.28. The Morgan fingerprint density at radius 2 is 1.85 bits per heavy atom. The number of morpholine rings is 1. The van der Waals surface area contributed by atoms with Crippen molar-refractivity contribution in [1.29, 1.82) is 0 Å². The zero-order chi connectivity index (χ0) is 19.2. The predicted octanol–water partition coefficient (Wildman–Crippen LogP) is 3.12. The molecule has 2 aromatic rings. The van der Waals surface area contributed by atoms with Crippen LogP contribution in [0.5, 0.6) is 5.75 Å². The summed E-state index contributed by atoms with van der Waals surface area (Å²) in [5.74, 6) is 0.634. The lowest BCUT2D eigenvalue weighted by molar-refractivity contribution is 0.0332. The molecule has 0 bridgehead atoms. The van der Waals surface area contributed by atoms with Crippen molar-refractivity contribution in [1.82, 2.24) is 10.2 Å². The second-order valence-corrected chi connectivity index (χ2v) is 7.03. The second-order valence-electron chi connectivity index (χ2n) is 7.03. The van der Waals surface area contributed by atoms with Gasteiger partial charge in [-0.1, -0.05) is 35.9 Å². The fraction of sp³-hybridized carbons (Fsp3) is 0.409. The molecule has 144 valence electrons. The predicted molar refractivity (Wildman–Crippen MR) is 106 cm³/mol. The minimum absolute atomic E-state index is 0.0801. The Hall–Kier alpha value is -2.37. The number of nitrogens with one attached hydrogen (secondary N) is 1. The average molecular weight is 368 g/mol. The fourth-order valence-electron chi connectivity index (χ4n) is 3.28. The number of methoxy groups -OCH3 is 1. The van der Waals surface area contributed by atoms with Gasteiger partial charge in [0.15, 0.2) is 0 Å². The van der Waals surface area contributed by atoms with E-state index in [1.54, 1.807) is 13.2 Å². The smallest absolute Gasteiger partial charge is 0.251 e. The van der Waals surface area contributed by atoms with E-state index < -0.39 is 0 Å². The summed E-state index contributed by atoms with van der Waals surface area (Å²) in [6, 6.07) is 13.8. The van der Waals surface area contributed by atoms with Gasteiger partial charge in [0, 0.05) is 25.2 Å². The number of nitrogens with zero attached hydrogens (tertiary/aromatic N) is 1. The first-order valence-electron chi connectivity index (χ1n) is 9.39. The Labute approximate surface area is 161 Å². The Bertz CT molecular complexity index is 768. The maximum atomic E-state index is 12.9. The van der Waals surface area contributed by atoms with Crippen molar-refractivity contribution >= 4 is 5.91 Å². The van der Waals surface area contributed by atoms with Crippen LogP contribution in [0.1, 0.15) is 33.1 Å². The first-order chi connectivity index (χ1) is 13.1. The third-order valence-corrected chi connectivity index (χ3v) is 5.00. The van der Waals surface area contributed by atoms with Crippen molar-refractivity contribution in [3.8, 4) is 5.75 Å². The molecule has 5 nitrogen and oxygen atoms in total. The lowest BCUT2D eigenvalue weighted by atomic mass is 10.0. The van der Waals surface area contributed by atoms with Crippen LogP contribution in [0.2, 0.25) is 0 Å². The molecule has 5 heteroatoms. The van der Waals surface area contributed by atoms with Crippen LogP contribution in [0, 0.1) is 13.8 Å². The van der Waals surface area contributed by atoms with Gasteiger partial charge in [0.2, 0.25) is 0 Å². The molecule has 1 N–H and O–H groups in total. The Kier molecular flexibility index (Phi) is 6.48. The molecule has 0 radical (unpaired) electrons. The summed E-state index contributed by atoms with van der Waals surface area (Å²) in [5.41, 5.74) is 3.94. The van der Waals surface area contributed by atoms with Gasteiger partial charge >= 0.3 is 0 Å². The summed E-state index contributed by atoms with van der Waals surface area (Å²) in [6.45, 7) is 8.05. The number of aryl methyl sites for hydroxylation is 2. The molecule has 2 aromatic carbocycles. The first-order valence-corrected chi connectivity index (χ1v) is 9.39. The van der Waals surface area contributed by atoms with Gasteiger partial charge in [-0.3, -0.25) is 9.69 Å². The molecule has 1 atom stereocenters. The number of carbonyl (C=O) groups is 1. The molecule has 0 aromatic heterocycles. The van der Waals surface area contributed by atoms with Crippen molar-refractivity contribution in [2.24, 2.45) is 0 Å². The highest BCUT2D eigenvalue weighted by atomic mass is 16.5. The highest BCUT2D eigenvalue weighted by Gasteiger charge is 2.21. The molecule has 1 saturated heterocycles. The van der Waals surface area contributed by atoms with Crippen molar-refractivity contribution in [3.05, 3.63) is 64.7 Å². The van der Waals surface area contributed by atoms with Crippen LogP contribution in [-0.2, 0) is 4.74 Å². The molecule has 1 amide bonds. The van der Waals surface area contributed by atoms with E-state index in [1.165, 1.54) is 5.56 Å². The summed E-state index contributed by atoms with van der Waals surface area (Å²) in [4.78, 5) is 15.2. The van der Waals surface area contributed by atoms with Gasteiger partial charge in [-0.25, -0.2) is 0 Å². The summed E-state index contributed by atoms with van der Waals surface area (Å²) in [6.07, 6.45) is 0. The standard InChI is InChI=1S/C22H28N2O3/c1-16-4-7-18(8-5-16)20(15-24-10-12-27-13-11-24)23-22(25)19-9-6-17(2)21(14-19)26-3/h4-9,14,20H,10-13,15H2,1-3H3,(H,23,25)/t20-/m0/s1. The minimum Gasteiger partial charge on any atom is -0.496 e. The molecule has 1 aliphatic rings. The SMILES string of the molecule is COc1cc(C(=O)N[C@@H](CN2CCOCC2)c2ccc(C)cc2)ccc1C. The van der Waals surface area contributed by atoms with E-state index in [1.807, 2.05) is 19.1 Å². The maximum Gasteiger partial charge on any atom is 0.251 e. The molecule has 1 fully saturated rings. The van der Waals surface area contributed by atoms with Crippen LogP contribution in [0.25, 0.3) is 0 Å². The van der Waals surface area contributed by atoms with Crippen LogP contribution in [0.15, 0.2) is 42.5 Å². The van der Waals surface area contributed by atoms with Crippen LogP contribution in [0.3, 0.4) is 0 Å². The first kappa shape index (κ1) is 19.4. The van der Waals surface area contributed by atoms with Gasteiger partial charge < -0.3 is 14.8 Å². The van der Waals surface area contributed by atoms with Crippen molar-refractivity contribution in [2.45, 2.75) is 19.9 Å². The molecular weight excluding hydrogens is 340 g/mol. The van der Waals surface area contributed by atoms with Gasteiger partial charge in [0.1, 0.15) is 5.75 Å². The molecule has 3 rings (SSSR count). The molecule has 27 heavy (non-hydrogen) atoms. The second kappa shape index (κ2) is 9.02. The number of rotatable bonds is 6. The number of hydrogen-bond donors (Lipinski definition) is 1. The summed E-state index contributed by atoms with van der Waals surface area (Å²) >= 11 is 0.